The Balaban J connectivity index is 1.89. The van der Waals surface area contributed by atoms with E-state index in [-0.39, 0.29) is 0 Å². The molecule has 1 N–H and O–H groups in total. The minimum Gasteiger partial charge on any atom is -0.312 e. The first kappa shape index (κ1) is 12.9. The first-order valence-corrected chi connectivity index (χ1v) is 6.70. The van der Waals surface area contributed by atoms with Crippen molar-refractivity contribution < 1.29 is 0 Å². The Bertz CT molecular complexity index is 367. The van der Waals surface area contributed by atoms with Crippen molar-refractivity contribution in [3.05, 3.63) is 34.9 Å². The summed E-state index contributed by atoms with van der Waals surface area (Å²) in [5.41, 5.74) is 1.21. The van der Waals surface area contributed by atoms with Gasteiger partial charge in [-0.05, 0) is 37.6 Å². The third-order valence-electron chi connectivity index (χ3n) is 3.60. The quantitative estimate of drug-likeness (QED) is 0.887. The Labute approximate surface area is 109 Å². The molecule has 1 saturated heterocycles. The molecule has 2 rings (SSSR count). The van der Waals surface area contributed by atoms with Crippen LogP contribution in [0.25, 0.3) is 0 Å². The van der Waals surface area contributed by atoms with Crippen LogP contribution in [-0.2, 0) is 6.54 Å². The normalized spacial score (nSPS) is 24.5. The van der Waals surface area contributed by atoms with Crippen molar-refractivity contribution in [1.82, 2.24) is 10.2 Å². The van der Waals surface area contributed by atoms with Crippen molar-refractivity contribution in [2.45, 2.75) is 25.9 Å². The Morgan fingerprint density at radius 3 is 2.82 bits per heavy atom. The average molecular weight is 253 g/mol. The van der Waals surface area contributed by atoms with E-state index in [1.807, 2.05) is 18.2 Å². The Hall–Kier alpha value is -0.570. The molecular formula is C14H21ClN2. The lowest BCUT2D eigenvalue weighted by Gasteiger charge is -2.24. The molecule has 0 saturated carbocycles. The molecule has 3 heteroatoms. The minimum atomic E-state index is 0.627. The van der Waals surface area contributed by atoms with Crippen LogP contribution >= 0.6 is 11.6 Å². The first-order valence-electron chi connectivity index (χ1n) is 6.32. The van der Waals surface area contributed by atoms with Crippen molar-refractivity contribution in [3.63, 3.8) is 0 Å². The van der Waals surface area contributed by atoms with E-state index in [4.69, 9.17) is 11.6 Å². The van der Waals surface area contributed by atoms with E-state index in [0.717, 1.165) is 30.6 Å². The molecule has 2 nitrogen and oxygen atoms in total. The number of nitrogens with zero attached hydrogens (tertiary/aromatic N) is 1. The van der Waals surface area contributed by atoms with E-state index in [1.54, 1.807) is 0 Å². The van der Waals surface area contributed by atoms with Gasteiger partial charge in [0.2, 0.25) is 0 Å². The predicted octanol–water partition coefficient (Wildman–Crippen LogP) is 2.77. The molecule has 0 aromatic heterocycles. The monoisotopic (exact) mass is 252 g/mol. The van der Waals surface area contributed by atoms with Gasteiger partial charge in [-0.15, -0.1) is 0 Å². The van der Waals surface area contributed by atoms with Crippen molar-refractivity contribution in [2.75, 3.05) is 20.1 Å². The van der Waals surface area contributed by atoms with Crippen LogP contribution in [0.1, 0.15) is 18.9 Å². The lowest BCUT2D eigenvalue weighted by atomic mass is 10.0. The van der Waals surface area contributed by atoms with Gasteiger partial charge in [-0.3, -0.25) is 0 Å². The number of halogens is 1. The maximum Gasteiger partial charge on any atom is 0.0451 e. The Kier molecular flexibility index (Phi) is 4.43. The molecular weight excluding hydrogens is 232 g/mol. The zero-order valence-corrected chi connectivity index (χ0v) is 11.4. The van der Waals surface area contributed by atoms with E-state index in [2.05, 4.69) is 30.3 Å². The summed E-state index contributed by atoms with van der Waals surface area (Å²) in [4.78, 5) is 2.35. The molecule has 0 amide bonds. The van der Waals surface area contributed by atoms with E-state index >= 15 is 0 Å². The van der Waals surface area contributed by atoms with Gasteiger partial charge in [0.05, 0.1) is 0 Å². The molecule has 1 aromatic carbocycles. The number of hydrogen-bond acceptors (Lipinski definition) is 2. The van der Waals surface area contributed by atoms with Gasteiger partial charge >= 0.3 is 0 Å². The number of benzene rings is 1. The van der Waals surface area contributed by atoms with Gasteiger partial charge in [-0.1, -0.05) is 36.7 Å². The second-order valence-corrected chi connectivity index (χ2v) is 5.52. The fourth-order valence-corrected chi connectivity index (χ4v) is 2.66. The molecule has 94 valence electrons. The summed E-state index contributed by atoms with van der Waals surface area (Å²) in [5, 5.41) is 4.43. The predicted molar refractivity (Wildman–Crippen MR) is 73.4 cm³/mol. The van der Waals surface area contributed by atoms with Crippen LogP contribution in [-0.4, -0.2) is 31.1 Å². The largest absolute Gasteiger partial charge is 0.312 e. The van der Waals surface area contributed by atoms with E-state index in [9.17, 15) is 0 Å². The molecule has 0 bridgehead atoms. The fourth-order valence-electron chi connectivity index (χ4n) is 2.46. The van der Waals surface area contributed by atoms with Gasteiger partial charge in [-0.2, -0.15) is 0 Å². The summed E-state index contributed by atoms with van der Waals surface area (Å²) in [6.45, 7) is 5.50. The van der Waals surface area contributed by atoms with Crippen molar-refractivity contribution in [2.24, 2.45) is 5.92 Å². The Morgan fingerprint density at radius 1 is 1.41 bits per heavy atom. The molecule has 1 fully saturated rings. The molecule has 0 radical (unpaired) electrons. The third kappa shape index (κ3) is 3.44. The smallest absolute Gasteiger partial charge is 0.0451 e. The molecule has 1 aromatic rings. The van der Waals surface area contributed by atoms with E-state index < -0.39 is 0 Å². The van der Waals surface area contributed by atoms with E-state index in [0.29, 0.717) is 6.04 Å². The number of rotatable bonds is 4. The topological polar surface area (TPSA) is 15.3 Å². The van der Waals surface area contributed by atoms with Gasteiger partial charge in [0, 0.05) is 24.2 Å². The Morgan fingerprint density at radius 2 is 2.18 bits per heavy atom. The number of hydrogen-bond donors (Lipinski definition) is 1. The summed E-state index contributed by atoms with van der Waals surface area (Å²) >= 11 is 6.17. The van der Waals surface area contributed by atoms with Crippen molar-refractivity contribution in [1.29, 1.82) is 0 Å². The number of nitrogens with one attached hydrogen (secondary N) is 1. The molecule has 17 heavy (non-hydrogen) atoms. The van der Waals surface area contributed by atoms with Gasteiger partial charge in [0.15, 0.2) is 0 Å². The van der Waals surface area contributed by atoms with Crippen molar-refractivity contribution >= 4 is 11.6 Å². The van der Waals surface area contributed by atoms with Crippen LogP contribution in [0.15, 0.2) is 24.3 Å². The molecule has 1 aliphatic rings. The maximum absolute atomic E-state index is 6.17. The average Bonchev–Trinajstić information content (AvgIpc) is 2.68. The van der Waals surface area contributed by atoms with Gasteiger partial charge < -0.3 is 10.2 Å². The molecule has 0 aliphatic carbocycles. The molecule has 2 unspecified atom stereocenters. The third-order valence-corrected chi connectivity index (χ3v) is 3.97. The second-order valence-electron chi connectivity index (χ2n) is 5.11. The highest BCUT2D eigenvalue weighted by Gasteiger charge is 2.23. The van der Waals surface area contributed by atoms with Crippen LogP contribution in [0, 0.1) is 5.92 Å². The summed E-state index contributed by atoms with van der Waals surface area (Å²) < 4.78 is 0. The zero-order chi connectivity index (χ0) is 12.3. The van der Waals surface area contributed by atoms with Crippen LogP contribution in [0.3, 0.4) is 0 Å². The summed E-state index contributed by atoms with van der Waals surface area (Å²) in [7, 11) is 2.16. The lowest BCUT2D eigenvalue weighted by molar-refractivity contribution is 0.271. The summed E-state index contributed by atoms with van der Waals surface area (Å²) in [5.74, 6) is 0.781. The van der Waals surface area contributed by atoms with Crippen LogP contribution in [0.5, 0.6) is 0 Å². The first-order chi connectivity index (χ1) is 8.16. The summed E-state index contributed by atoms with van der Waals surface area (Å²) in [6.07, 6.45) is 1.30. The van der Waals surface area contributed by atoms with Crippen molar-refractivity contribution in [3.8, 4) is 0 Å². The SMILES string of the molecule is CC1CCNC1CN(C)Cc1ccccc1Cl. The second kappa shape index (κ2) is 5.85. The highest BCUT2D eigenvalue weighted by atomic mass is 35.5. The standard InChI is InChI=1S/C14H21ClN2/c1-11-7-8-16-14(11)10-17(2)9-12-5-3-4-6-13(12)15/h3-6,11,14,16H,7-10H2,1-2H3. The van der Waals surface area contributed by atoms with Crippen LogP contribution < -0.4 is 5.32 Å². The highest BCUT2D eigenvalue weighted by Crippen LogP contribution is 2.19. The molecule has 1 heterocycles. The molecule has 2 atom stereocenters. The molecule has 1 aliphatic heterocycles. The fraction of sp³-hybridized carbons (Fsp3) is 0.571. The summed E-state index contributed by atoms with van der Waals surface area (Å²) in [6, 6.07) is 8.71. The number of likely N-dealkylation sites (N-methyl/N-ethyl adjacent to an activating group) is 1. The highest BCUT2D eigenvalue weighted by molar-refractivity contribution is 6.31. The van der Waals surface area contributed by atoms with Gasteiger partial charge in [-0.25, -0.2) is 0 Å². The van der Waals surface area contributed by atoms with Gasteiger partial charge in [0.25, 0.3) is 0 Å². The zero-order valence-electron chi connectivity index (χ0n) is 10.6. The molecule has 0 spiro atoms. The minimum absolute atomic E-state index is 0.627. The maximum atomic E-state index is 6.17. The lowest BCUT2D eigenvalue weighted by Crippen LogP contribution is -2.38. The van der Waals surface area contributed by atoms with Crippen LogP contribution in [0.4, 0.5) is 0 Å². The van der Waals surface area contributed by atoms with E-state index in [1.165, 1.54) is 12.0 Å². The van der Waals surface area contributed by atoms with Gasteiger partial charge in [0.1, 0.15) is 0 Å². The van der Waals surface area contributed by atoms with Crippen LogP contribution in [0.2, 0.25) is 5.02 Å².